The van der Waals surface area contributed by atoms with Crippen LogP contribution >= 0.6 is 0 Å². The van der Waals surface area contributed by atoms with Crippen LogP contribution in [0.15, 0.2) is 36.5 Å². The molecule has 0 atom stereocenters. The van der Waals surface area contributed by atoms with E-state index < -0.39 is 11.9 Å². The lowest BCUT2D eigenvalue weighted by Crippen LogP contribution is -2.17. The van der Waals surface area contributed by atoms with Crippen molar-refractivity contribution in [2.75, 3.05) is 13.2 Å². The summed E-state index contributed by atoms with van der Waals surface area (Å²) in [5, 5.41) is 4.11. The molecule has 2 rings (SSSR count). The highest BCUT2D eigenvalue weighted by atomic mass is 16.5. The van der Waals surface area contributed by atoms with Gasteiger partial charge in [0.1, 0.15) is 5.56 Å². The lowest BCUT2D eigenvalue weighted by atomic mass is 10.2. The second kappa shape index (κ2) is 6.69. The summed E-state index contributed by atoms with van der Waals surface area (Å²) in [7, 11) is 0. The van der Waals surface area contributed by atoms with Crippen LogP contribution in [0.4, 0.5) is 0 Å². The molecular formula is C15H16N2O4. The van der Waals surface area contributed by atoms with E-state index in [4.69, 9.17) is 9.47 Å². The van der Waals surface area contributed by atoms with Crippen LogP contribution in [0.3, 0.4) is 0 Å². The number of rotatable bonds is 5. The number of carbonyl (C=O) groups excluding carboxylic acids is 2. The zero-order chi connectivity index (χ0) is 15.2. The Hall–Kier alpha value is -2.63. The average Bonchev–Trinajstić information content (AvgIpc) is 2.93. The fourth-order valence-electron chi connectivity index (χ4n) is 1.87. The van der Waals surface area contributed by atoms with Gasteiger partial charge in [0.15, 0.2) is 5.69 Å². The number of aromatic nitrogens is 2. The third-order valence-corrected chi connectivity index (χ3v) is 2.73. The molecule has 0 spiro atoms. The van der Waals surface area contributed by atoms with Crippen molar-refractivity contribution < 1.29 is 19.1 Å². The lowest BCUT2D eigenvalue weighted by molar-refractivity contribution is 0.0473. The van der Waals surface area contributed by atoms with Gasteiger partial charge in [0.05, 0.1) is 25.1 Å². The van der Waals surface area contributed by atoms with Crippen molar-refractivity contribution in [1.82, 2.24) is 9.78 Å². The van der Waals surface area contributed by atoms with Crippen LogP contribution in [0.2, 0.25) is 0 Å². The monoisotopic (exact) mass is 288 g/mol. The highest BCUT2D eigenvalue weighted by molar-refractivity contribution is 6.02. The number of hydrogen-bond acceptors (Lipinski definition) is 5. The van der Waals surface area contributed by atoms with E-state index in [2.05, 4.69) is 5.10 Å². The van der Waals surface area contributed by atoms with Crippen molar-refractivity contribution in [3.05, 3.63) is 47.8 Å². The normalized spacial score (nSPS) is 10.2. The summed E-state index contributed by atoms with van der Waals surface area (Å²) < 4.78 is 11.3. The molecule has 6 heteroatoms. The van der Waals surface area contributed by atoms with Gasteiger partial charge in [0.25, 0.3) is 0 Å². The first-order chi connectivity index (χ1) is 10.2. The van der Waals surface area contributed by atoms with Gasteiger partial charge >= 0.3 is 11.9 Å². The molecule has 0 aliphatic carbocycles. The highest BCUT2D eigenvalue weighted by Crippen LogP contribution is 2.17. The molecule has 0 unspecified atom stereocenters. The van der Waals surface area contributed by atoms with Crippen LogP contribution in [0.25, 0.3) is 5.69 Å². The summed E-state index contributed by atoms with van der Waals surface area (Å²) in [6.07, 6.45) is 1.32. The molecule has 0 radical (unpaired) electrons. The zero-order valence-electron chi connectivity index (χ0n) is 11.9. The van der Waals surface area contributed by atoms with E-state index in [0.717, 1.165) is 0 Å². The van der Waals surface area contributed by atoms with Crippen LogP contribution < -0.4 is 0 Å². The van der Waals surface area contributed by atoms with Crippen molar-refractivity contribution in [3.63, 3.8) is 0 Å². The number of ether oxygens (including phenoxy) is 2. The highest BCUT2D eigenvalue weighted by Gasteiger charge is 2.26. The van der Waals surface area contributed by atoms with E-state index in [0.29, 0.717) is 5.69 Å². The molecule has 0 amide bonds. The topological polar surface area (TPSA) is 70.4 Å². The van der Waals surface area contributed by atoms with E-state index in [9.17, 15) is 9.59 Å². The maximum absolute atomic E-state index is 12.1. The molecule has 1 aromatic carbocycles. The van der Waals surface area contributed by atoms with Crippen molar-refractivity contribution in [1.29, 1.82) is 0 Å². The number of para-hydroxylation sites is 1. The van der Waals surface area contributed by atoms with Crippen LogP contribution in [0, 0.1) is 0 Å². The summed E-state index contributed by atoms with van der Waals surface area (Å²) in [5.74, 6) is -1.20. The van der Waals surface area contributed by atoms with Gasteiger partial charge in [-0.3, -0.25) is 0 Å². The van der Waals surface area contributed by atoms with Crippen molar-refractivity contribution in [2.24, 2.45) is 0 Å². The number of nitrogens with zero attached hydrogens (tertiary/aromatic N) is 2. The van der Waals surface area contributed by atoms with E-state index in [1.165, 1.54) is 10.9 Å². The van der Waals surface area contributed by atoms with Crippen molar-refractivity contribution >= 4 is 11.9 Å². The third-order valence-electron chi connectivity index (χ3n) is 2.73. The Morgan fingerprint density at radius 2 is 1.67 bits per heavy atom. The maximum atomic E-state index is 12.1. The van der Waals surface area contributed by atoms with Crippen molar-refractivity contribution in [3.8, 4) is 5.69 Å². The first-order valence-electron chi connectivity index (χ1n) is 6.66. The number of hydrogen-bond donors (Lipinski definition) is 0. The van der Waals surface area contributed by atoms with E-state index in [1.807, 2.05) is 18.2 Å². The molecule has 1 aromatic heterocycles. The van der Waals surface area contributed by atoms with Gasteiger partial charge in [0, 0.05) is 0 Å². The summed E-state index contributed by atoms with van der Waals surface area (Å²) >= 11 is 0. The molecular weight excluding hydrogens is 272 g/mol. The fraction of sp³-hybridized carbons (Fsp3) is 0.267. The average molecular weight is 288 g/mol. The molecule has 0 saturated heterocycles. The lowest BCUT2D eigenvalue weighted by Gasteiger charge is -2.08. The van der Waals surface area contributed by atoms with Gasteiger partial charge in [0.2, 0.25) is 0 Å². The predicted octanol–water partition coefficient (Wildman–Crippen LogP) is 2.23. The number of esters is 2. The second-order valence-corrected chi connectivity index (χ2v) is 4.10. The smallest absolute Gasteiger partial charge is 0.357 e. The molecule has 0 bridgehead atoms. The standard InChI is InChI=1S/C15H16N2O4/c1-3-20-14(18)12-10-16-17(11-8-6-5-7-9-11)13(12)15(19)21-4-2/h5-10H,3-4H2,1-2H3. The Morgan fingerprint density at radius 3 is 2.29 bits per heavy atom. The molecule has 0 fully saturated rings. The second-order valence-electron chi connectivity index (χ2n) is 4.10. The quantitative estimate of drug-likeness (QED) is 0.789. The minimum atomic E-state index is -0.609. The number of carbonyl (C=O) groups is 2. The SMILES string of the molecule is CCOC(=O)c1cnn(-c2ccccc2)c1C(=O)OCC. The molecule has 0 aliphatic heterocycles. The van der Waals surface area contributed by atoms with E-state index in [-0.39, 0.29) is 24.5 Å². The summed E-state index contributed by atoms with van der Waals surface area (Å²) in [6.45, 7) is 3.83. The van der Waals surface area contributed by atoms with Gasteiger partial charge in [-0.15, -0.1) is 0 Å². The third kappa shape index (κ3) is 3.10. The Kier molecular flexibility index (Phi) is 4.71. The Labute approximate surface area is 122 Å². The van der Waals surface area contributed by atoms with Crippen molar-refractivity contribution in [2.45, 2.75) is 13.8 Å². The first-order valence-corrected chi connectivity index (χ1v) is 6.66. The summed E-state index contributed by atoms with van der Waals surface area (Å²) in [6, 6.07) is 9.05. The van der Waals surface area contributed by atoms with Gasteiger partial charge in [-0.2, -0.15) is 5.10 Å². The minimum absolute atomic E-state index is 0.0708. The molecule has 1 heterocycles. The Balaban J connectivity index is 2.51. The van der Waals surface area contributed by atoms with Crippen LogP contribution in [0.5, 0.6) is 0 Å². The van der Waals surface area contributed by atoms with Crippen LogP contribution in [-0.2, 0) is 9.47 Å². The van der Waals surface area contributed by atoms with Crippen LogP contribution in [0.1, 0.15) is 34.7 Å². The first kappa shape index (κ1) is 14.8. The summed E-state index contributed by atoms with van der Waals surface area (Å²) in [4.78, 5) is 24.1. The molecule has 0 N–H and O–H groups in total. The molecule has 0 saturated carbocycles. The van der Waals surface area contributed by atoms with Gasteiger partial charge in [-0.1, -0.05) is 18.2 Å². The Bertz CT molecular complexity index is 634. The predicted molar refractivity (Wildman–Crippen MR) is 75.5 cm³/mol. The van der Waals surface area contributed by atoms with E-state index in [1.54, 1.807) is 26.0 Å². The fourth-order valence-corrected chi connectivity index (χ4v) is 1.87. The molecule has 6 nitrogen and oxygen atoms in total. The maximum Gasteiger partial charge on any atom is 0.357 e. The van der Waals surface area contributed by atoms with Gasteiger partial charge in [-0.25, -0.2) is 14.3 Å². The largest absolute Gasteiger partial charge is 0.462 e. The van der Waals surface area contributed by atoms with Crippen LogP contribution in [-0.4, -0.2) is 34.9 Å². The molecule has 21 heavy (non-hydrogen) atoms. The molecule has 110 valence electrons. The number of benzene rings is 1. The van der Waals surface area contributed by atoms with E-state index >= 15 is 0 Å². The summed E-state index contributed by atoms with van der Waals surface area (Å²) in [5.41, 5.74) is 0.830. The minimum Gasteiger partial charge on any atom is -0.462 e. The van der Waals surface area contributed by atoms with Gasteiger partial charge in [-0.05, 0) is 26.0 Å². The van der Waals surface area contributed by atoms with Gasteiger partial charge < -0.3 is 9.47 Å². The molecule has 0 aliphatic rings. The Morgan fingerprint density at radius 1 is 1.05 bits per heavy atom. The molecule has 2 aromatic rings. The zero-order valence-corrected chi connectivity index (χ0v) is 11.9.